The molecule has 4 rings (SSSR count). The highest BCUT2D eigenvalue weighted by Gasteiger charge is 2.43. The molecule has 0 saturated carbocycles. The molecule has 0 aromatic heterocycles. The Morgan fingerprint density at radius 2 is 1.49 bits per heavy atom. The summed E-state index contributed by atoms with van der Waals surface area (Å²) in [6.07, 6.45) is 5.94. The van der Waals surface area contributed by atoms with Gasteiger partial charge in [0, 0.05) is 19.2 Å². The van der Waals surface area contributed by atoms with Gasteiger partial charge in [0.1, 0.15) is 0 Å². The lowest BCUT2D eigenvalue weighted by Crippen LogP contribution is -2.46. The monoisotopic (exact) mass is 539 g/mol. The van der Waals surface area contributed by atoms with E-state index in [1.165, 1.54) is 32.8 Å². The molecule has 2 aliphatic heterocycles. The number of nitrogens with one attached hydrogen (secondary N) is 1. The third kappa shape index (κ3) is 6.08. The Morgan fingerprint density at radius 1 is 0.872 bits per heavy atom. The molecule has 2 aromatic rings. The first-order valence-electron chi connectivity index (χ1n) is 13.7. The number of likely N-dealkylation sites (N-methyl/N-ethyl adjacent to an activating group) is 1. The highest BCUT2D eigenvalue weighted by molar-refractivity contribution is 6.02. The van der Waals surface area contributed by atoms with Crippen LogP contribution in [-0.4, -0.2) is 83.3 Å². The van der Waals surface area contributed by atoms with Gasteiger partial charge in [0.25, 0.3) is 5.91 Å². The lowest BCUT2D eigenvalue weighted by atomic mass is 9.79. The lowest BCUT2D eigenvalue weighted by Gasteiger charge is -2.40. The molecular weight excluding hydrogens is 498 g/mol. The van der Waals surface area contributed by atoms with Gasteiger partial charge in [-0.25, -0.2) is 0 Å². The van der Waals surface area contributed by atoms with Gasteiger partial charge in [-0.1, -0.05) is 18.9 Å². The van der Waals surface area contributed by atoms with Crippen LogP contribution in [-0.2, 0) is 4.79 Å². The zero-order chi connectivity index (χ0) is 27.9. The molecule has 9 nitrogen and oxygen atoms in total. The first kappa shape index (κ1) is 28.5. The van der Waals surface area contributed by atoms with E-state index in [1.807, 2.05) is 12.1 Å². The van der Waals surface area contributed by atoms with E-state index in [0.29, 0.717) is 40.7 Å². The Kier molecular flexibility index (Phi) is 9.56. The van der Waals surface area contributed by atoms with Crippen molar-refractivity contribution in [2.75, 3.05) is 61.7 Å². The van der Waals surface area contributed by atoms with Crippen molar-refractivity contribution in [3.05, 3.63) is 47.0 Å². The third-order valence-corrected chi connectivity index (χ3v) is 7.86. The standard InChI is InChI=1S/C30H41N3O6/c1-32-28(20-11-12-23(36-2)24(17-20)37-3)27(21-18-25(38-4)26(39-5)19-22(21)30(32)35)29(34)31-13-10-16-33-14-8-6-7-9-15-33/h11-12,17-19,27-28H,6-10,13-16H2,1-5H3,(H,31,34)/t27-,28-/m0/s1. The molecule has 0 spiro atoms. The second-order valence-corrected chi connectivity index (χ2v) is 10.1. The molecule has 9 heteroatoms. The van der Waals surface area contributed by atoms with Crippen LogP contribution in [0.3, 0.4) is 0 Å². The van der Waals surface area contributed by atoms with E-state index >= 15 is 0 Å². The van der Waals surface area contributed by atoms with E-state index in [2.05, 4.69) is 10.2 Å². The van der Waals surface area contributed by atoms with Gasteiger partial charge in [0.2, 0.25) is 5.91 Å². The van der Waals surface area contributed by atoms with Gasteiger partial charge in [-0.2, -0.15) is 0 Å². The number of carbonyl (C=O) groups excluding carboxylic acids is 2. The summed E-state index contributed by atoms with van der Waals surface area (Å²) in [6, 6.07) is 8.37. The Bertz CT molecular complexity index is 1160. The van der Waals surface area contributed by atoms with Gasteiger partial charge in [0.05, 0.1) is 40.4 Å². The summed E-state index contributed by atoms with van der Waals surface area (Å²) in [4.78, 5) is 31.7. The van der Waals surface area contributed by atoms with Crippen molar-refractivity contribution in [3.63, 3.8) is 0 Å². The summed E-state index contributed by atoms with van der Waals surface area (Å²) in [5.74, 6) is 1.02. The van der Waals surface area contributed by atoms with E-state index < -0.39 is 12.0 Å². The Balaban J connectivity index is 1.66. The van der Waals surface area contributed by atoms with Gasteiger partial charge >= 0.3 is 0 Å². The number of ether oxygens (including phenoxy) is 4. The van der Waals surface area contributed by atoms with Crippen LogP contribution >= 0.6 is 0 Å². The minimum Gasteiger partial charge on any atom is -0.493 e. The van der Waals surface area contributed by atoms with Crippen LogP contribution < -0.4 is 24.3 Å². The Morgan fingerprint density at radius 3 is 2.13 bits per heavy atom. The fourth-order valence-corrected chi connectivity index (χ4v) is 5.77. The number of amides is 2. The number of rotatable bonds is 10. The molecule has 2 aromatic carbocycles. The SMILES string of the molecule is COc1ccc([C@H]2[C@@H](C(=O)NCCCN3CCCCCC3)c3cc(OC)c(OC)cc3C(=O)N2C)cc1OC. The molecule has 1 N–H and O–H groups in total. The molecule has 1 fully saturated rings. The number of methoxy groups -OCH3 is 4. The Labute approximate surface area is 231 Å². The molecule has 2 heterocycles. The van der Waals surface area contributed by atoms with Crippen LogP contribution in [0.25, 0.3) is 0 Å². The highest BCUT2D eigenvalue weighted by atomic mass is 16.5. The topological polar surface area (TPSA) is 89.6 Å². The van der Waals surface area contributed by atoms with Crippen molar-refractivity contribution in [3.8, 4) is 23.0 Å². The zero-order valence-electron chi connectivity index (χ0n) is 23.7. The number of benzene rings is 2. The molecule has 2 aliphatic rings. The molecule has 0 bridgehead atoms. The molecule has 0 unspecified atom stereocenters. The fraction of sp³-hybridized carbons (Fsp3) is 0.533. The lowest BCUT2D eigenvalue weighted by molar-refractivity contribution is -0.124. The van der Waals surface area contributed by atoms with Crippen LogP contribution in [0.5, 0.6) is 23.0 Å². The summed E-state index contributed by atoms with van der Waals surface area (Å²) in [7, 11) is 7.94. The van der Waals surface area contributed by atoms with Crippen LogP contribution in [0, 0.1) is 0 Å². The van der Waals surface area contributed by atoms with Crippen LogP contribution in [0.4, 0.5) is 0 Å². The number of fused-ring (bicyclic) bond motifs is 1. The summed E-state index contributed by atoms with van der Waals surface area (Å²) in [6.45, 7) is 3.77. The van der Waals surface area contributed by atoms with Gasteiger partial charge in [-0.05, 0) is 74.3 Å². The minimum absolute atomic E-state index is 0.140. The van der Waals surface area contributed by atoms with Crippen molar-refractivity contribution < 1.29 is 28.5 Å². The first-order valence-corrected chi connectivity index (χ1v) is 13.7. The predicted octanol–water partition coefficient (Wildman–Crippen LogP) is 4.01. The number of hydrogen-bond acceptors (Lipinski definition) is 7. The molecular formula is C30H41N3O6. The number of carbonyl (C=O) groups is 2. The second kappa shape index (κ2) is 13.1. The maximum Gasteiger partial charge on any atom is 0.254 e. The number of likely N-dealkylation sites (tertiary alicyclic amines) is 1. The van der Waals surface area contributed by atoms with Crippen LogP contribution in [0.2, 0.25) is 0 Å². The smallest absolute Gasteiger partial charge is 0.254 e. The summed E-state index contributed by atoms with van der Waals surface area (Å²) in [5.41, 5.74) is 1.81. The van der Waals surface area contributed by atoms with E-state index in [0.717, 1.165) is 31.6 Å². The minimum atomic E-state index is -0.668. The normalized spacial score (nSPS) is 19.6. The van der Waals surface area contributed by atoms with Crippen molar-refractivity contribution in [1.82, 2.24) is 15.1 Å². The molecule has 39 heavy (non-hydrogen) atoms. The fourth-order valence-electron chi connectivity index (χ4n) is 5.77. The highest BCUT2D eigenvalue weighted by Crippen LogP contribution is 2.46. The van der Waals surface area contributed by atoms with E-state index in [-0.39, 0.29) is 11.8 Å². The van der Waals surface area contributed by atoms with Crippen molar-refractivity contribution in [2.24, 2.45) is 0 Å². The quantitative estimate of drug-likeness (QED) is 0.456. The Hall–Kier alpha value is -3.46. The number of hydrogen-bond donors (Lipinski definition) is 1. The summed E-state index contributed by atoms with van der Waals surface area (Å²) in [5, 5.41) is 3.17. The zero-order valence-corrected chi connectivity index (χ0v) is 23.7. The molecule has 2 amide bonds. The van der Waals surface area contributed by atoms with Gasteiger partial charge in [-0.15, -0.1) is 0 Å². The molecule has 0 radical (unpaired) electrons. The summed E-state index contributed by atoms with van der Waals surface area (Å²) < 4.78 is 22.0. The van der Waals surface area contributed by atoms with E-state index in [4.69, 9.17) is 18.9 Å². The van der Waals surface area contributed by atoms with Crippen molar-refractivity contribution >= 4 is 11.8 Å². The third-order valence-electron chi connectivity index (χ3n) is 7.86. The maximum atomic E-state index is 13.9. The van der Waals surface area contributed by atoms with Gasteiger partial charge < -0.3 is 34.1 Å². The van der Waals surface area contributed by atoms with Gasteiger partial charge in [0.15, 0.2) is 23.0 Å². The van der Waals surface area contributed by atoms with Crippen LogP contribution in [0.1, 0.15) is 65.5 Å². The second-order valence-electron chi connectivity index (χ2n) is 10.1. The average Bonchev–Trinajstić information content (AvgIpc) is 3.24. The largest absolute Gasteiger partial charge is 0.493 e. The first-order chi connectivity index (χ1) is 18.9. The molecule has 212 valence electrons. The van der Waals surface area contributed by atoms with Crippen molar-refractivity contribution in [2.45, 2.75) is 44.1 Å². The maximum absolute atomic E-state index is 13.9. The average molecular weight is 540 g/mol. The molecule has 0 aliphatic carbocycles. The molecule has 1 saturated heterocycles. The van der Waals surface area contributed by atoms with E-state index in [9.17, 15) is 9.59 Å². The van der Waals surface area contributed by atoms with Crippen LogP contribution in [0.15, 0.2) is 30.3 Å². The predicted molar refractivity (Wildman–Crippen MR) is 149 cm³/mol. The molecule has 2 atom stereocenters. The van der Waals surface area contributed by atoms with Gasteiger partial charge in [-0.3, -0.25) is 9.59 Å². The van der Waals surface area contributed by atoms with E-state index in [1.54, 1.807) is 51.5 Å². The summed E-state index contributed by atoms with van der Waals surface area (Å²) >= 11 is 0. The number of nitrogens with zero attached hydrogens (tertiary/aromatic N) is 2. The van der Waals surface area contributed by atoms with Crippen molar-refractivity contribution in [1.29, 1.82) is 0 Å².